The lowest BCUT2D eigenvalue weighted by molar-refractivity contribution is -0.121. The molecule has 31 heavy (non-hydrogen) atoms. The number of benzene rings is 1. The number of aliphatic imine (C=N–C) groups is 1. The van der Waals surface area contributed by atoms with Gasteiger partial charge in [-0.05, 0) is 25.1 Å². The van der Waals surface area contributed by atoms with Crippen LogP contribution in [0, 0.1) is 0 Å². The number of rotatable bonds is 10. The van der Waals surface area contributed by atoms with Gasteiger partial charge in [-0.15, -0.1) is 24.0 Å². The SMILES string of the molecule is CCN(CC)C(CNC(=NC)NCCC(=O)NC1CCS(=O)(=O)C1)c1ccccc1.I. The quantitative estimate of drug-likeness (QED) is 0.226. The summed E-state index contributed by atoms with van der Waals surface area (Å²) in [5, 5.41) is 9.33. The van der Waals surface area contributed by atoms with Crippen LogP contribution in [0.3, 0.4) is 0 Å². The third-order valence-corrected chi connectivity index (χ3v) is 7.13. The minimum atomic E-state index is -2.99. The van der Waals surface area contributed by atoms with Crippen LogP contribution in [-0.2, 0) is 14.6 Å². The van der Waals surface area contributed by atoms with Gasteiger partial charge in [0.15, 0.2) is 15.8 Å². The fraction of sp³-hybridized carbons (Fsp3) is 0.619. The van der Waals surface area contributed by atoms with Gasteiger partial charge < -0.3 is 16.0 Å². The number of amides is 1. The summed E-state index contributed by atoms with van der Waals surface area (Å²) >= 11 is 0. The molecule has 0 spiro atoms. The monoisotopic (exact) mass is 565 g/mol. The highest BCUT2D eigenvalue weighted by atomic mass is 127. The summed E-state index contributed by atoms with van der Waals surface area (Å²) in [6, 6.07) is 10.3. The average molecular weight is 566 g/mol. The Labute approximate surface area is 203 Å². The van der Waals surface area contributed by atoms with Crippen molar-refractivity contribution in [2.45, 2.75) is 38.8 Å². The van der Waals surface area contributed by atoms with Gasteiger partial charge in [0.25, 0.3) is 0 Å². The molecule has 8 nitrogen and oxygen atoms in total. The first-order valence-electron chi connectivity index (χ1n) is 10.6. The number of sulfone groups is 1. The van der Waals surface area contributed by atoms with Crippen molar-refractivity contribution in [3.63, 3.8) is 0 Å². The first-order valence-corrected chi connectivity index (χ1v) is 12.4. The van der Waals surface area contributed by atoms with E-state index in [9.17, 15) is 13.2 Å². The van der Waals surface area contributed by atoms with E-state index in [1.807, 2.05) is 18.2 Å². The maximum absolute atomic E-state index is 12.1. The van der Waals surface area contributed by atoms with E-state index in [0.29, 0.717) is 25.5 Å². The highest BCUT2D eigenvalue weighted by molar-refractivity contribution is 14.0. The molecule has 1 aromatic rings. The molecule has 1 aliphatic heterocycles. The Bertz CT molecular complexity index is 800. The van der Waals surface area contributed by atoms with Crippen LogP contribution in [0.2, 0.25) is 0 Å². The normalized spacial score (nSPS) is 18.8. The van der Waals surface area contributed by atoms with Gasteiger partial charge in [-0.3, -0.25) is 14.7 Å². The highest BCUT2D eigenvalue weighted by Gasteiger charge is 2.28. The molecular formula is C21H36IN5O3S. The zero-order chi connectivity index (χ0) is 22.0. The fourth-order valence-electron chi connectivity index (χ4n) is 3.71. The predicted octanol–water partition coefficient (Wildman–Crippen LogP) is 1.55. The second-order valence-electron chi connectivity index (χ2n) is 7.45. The summed E-state index contributed by atoms with van der Waals surface area (Å²) < 4.78 is 23.0. The van der Waals surface area contributed by atoms with Crippen LogP contribution in [0.25, 0.3) is 0 Å². The van der Waals surface area contributed by atoms with Crippen LogP contribution in [0.15, 0.2) is 35.3 Å². The van der Waals surface area contributed by atoms with Crippen LogP contribution < -0.4 is 16.0 Å². The topological polar surface area (TPSA) is 103 Å². The second kappa shape index (κ2) is 13.9. The molecule has 1 aliphatic rings. The van der Waals surface area contributed by atoms with Crippen molar-refractivity contribution in [2.24, 2.45) is 4.99 Å². The van der Waals surface area contributed by atoms with Crippen LogP contribution >= 0.6 is 24.0 Å². The molecule has 2 unspecified atom stereocenters. The zero-order valence-corrected chi connectivity index (χ0v) is 21.8. The maximum Gasteiger partial charge on any atom is 0.222 e. The van der Waals surface area contributed by atoms with E-state index in [4.69, 9.17) is 0 Å². The molecule has 0 aromatic heterocycles. The van der Waals surface area contributed by atoms with Crippen LogP contribution in [0.4, 0.5) is 0 Å². The predicted molar refractivity (Wildman–Crippen MR) is 137 cm³/mol. The molecule has 0 bridgehead atoms. The average Bonchev–Trinajstić information content (AvgIpc) is 3.08. The van der Waals surface area contributed by atoms with Crippen molar-refractivity contribution in [3.05, 3.63) is 35.9 Å². The Kier molecular flexibility index (Phi) is 12.4. The lowest BCUT2D eigenvalue weighted by Gasteiger charge is -2.30. The number of guanidine groups is 1. The smallest absolute Gasteiger partial charge is 0.222 e. The van der Waals surface area contributed by atoms with Gasteiger partial charge in [-0.25, -0.2) is 8.42 Å². The molecule has 0 radical (unpaired) electrons. The molecule has 1 aromatic carbocycles. The van der Waals surface area contributed by atoms with Gasteiger partial charge in [-0.1, -0.05) is 44.2 Å². The van der Waals surface area contributed by atoms with Gasteiger partial charge in [0.1, 0.15) is 0 Å². The molecular weight excluding hydrogens is 529 g/mol. The lowest BCUT2D eigenvalue weighted by Crippen LogP contribution is -2.44. The third-order valence-electron chi connectivity index (χ3n) is 5.37. The molecule has 1 amide bonds. The largest absolute Gasteiger partial charge is 0.356 e. The zero-order valence-electron chi connectivity index (χ0n) is 18.6. The fourth-order valence-corrected chi connectivity index (χ4v) is 5.39. The van der Waals surface area contributed by atoms with Gasteiger partial charge in [0.2, 0.25) is 5.91 Å². The summed E-state index contributed by atoms with van der Waals surface area (Å²) in [4.78, 5) is 18.7. The Hall–Kier alpha value is -1.40. The molecule has 0 aliphatic carbocycles. The van der Waals surface area contributed by atoms with E-state index in [-0.39, 0.29) is 59.9 Å². The van der Waals surface area contributed by atoms with Gasteiger partial charge in [0, 0.05) is 32.6 Å². The Morgan fingerprint density at radius 2 is 1.87 bits per heavy atom. The first-order chi connectivity index (χ1) is 14.4. The molecule has 176 valence electrons. The number of likely N-dealkylation sites (N-methyl/N-ethyl adjacent to an activating group) is 1. The highest BCUT2D eigenvalue weighted by Crippen LogP contribution is 2.19. The maximum atomic E-state index is 12.1. The summed E-state index contributed by atoms with van der Waals surface area (Å²) in [7, 11) is -1.29. The van der Waals surface area contributed by atoms with E-state index < -0.39 is 9.84 Å². The molecule has 10 heteroatoms. The molecule has 2 atom stereocenters. The number of nitrogens with one attached hydrogen (secondary N) is 3. The van der Waals surface area contributed by atoms with Crippen LogP contribution in [-0.4, -0.2) is 76.0 Å². The minimum absolute atomic E-state index is 0. The van der Waals surface area contributed by atoms with Crippen LogP contribution in [0.5, 0.6) is 0 Å². The van der Waals surface area contributed by atoms with Crippen molar-refractivity contribution in [1.29, 1.82) is 0 Å². The third kappa shape index (κ3) is 9.32. The van der Waals surface area contributed by atoms with E-state index in [0.717, 1.165) is 13.1 Å². The molecule has 0 saturated carbocycles. The Morgan fingerprint density at radius 3 is 2.42 bits per heavy atom. The van der Waals surface area contributed by atoms with E-state index in [2.05, 4.69) is 51.8 Å². The lowest BCUT2D eigenvalue weighted by atomic mass is 10.1. The minimum Gasteiger partial charge on any atom is -0.356 e. The van der Waals surface area contributed by atoms with Crippen molar-refractivity contribution in [1.82, 2.24) is 20.9 Å². The van der Waals surface area contributed by atoms with Gasteiger partial charge in [-0.2, -0.15) is 0 Å². The summed E-state index contributed by atoms with van der Waals surface area (Å²) in [5.74, 6) is 0.688. The Balaban J connectivity index is 0.00000480. The molecule has 1 heterocycles. The standard InChI is InChI=1S/C21H35N5O3S.HI/c1-4-26(5-2)19(17-9-7-6-8-10-17)15-24-21(22-3)23-13-11-20(27)25-18-12-14-30(28,29)16-18;/h6-10,18-19H,4-5,11-16H2,1-3H3,(H,25,27)(H2,22,23,24);1H. The summed E-state index contributed by atoms with van der Waals surface area (Å²) in [5.41, 5.74) is 1.25. The molecule has 1 saturated heterocycles. The number of carbonyl (C=O) groups is 1. The van der Waals surface area contributed by atoms with E-state index in [1.54, 1.807) is 7.05 Å². The van der Waals surface area contributed by atoms with Crippen molar-refractivity contribution < 1.29 is 13.2 Å². The second-order valence-corrected chi connectivity index (χ2v) is 9.67. The summed E-state index contributed by atoms with van der Waals surface area (Å²) in [6.45, 7) is 7.31. The number of hydrogen-bond acceptors (Lipinski definition) is 5. The van der Waals surface area contributed by atoms with E-state index in [1.165, 1.54) is 5.56 Å². The van der Waals surface area contributed by atoms with Crippen molar-refractivity contribution >= 4 is 45.7 Å². The Morgan fingerprint density at radius 1 is 1.19 bits per heavy atom. The molecule has 3 N–H and O–H groups in total. The molecule has 2 rings (SSSR count). The number of halogens is 1. The number of hydrogen-bond donors (Lipinski definition) is 3. The van der Waals surface area contributed by atoms with Crippen molar-refractivity contribution in [2.75, 3.05) is 44.7 Å². The summed E-state index contributed by atoms with van der Waals surface area (Å²) in [6.07, 6.45) is 0.756. The number of carbonyl (C=O) groups excluding carboxylic acids is 1. The molecule has 1 fully saturated rings. The van der Waals surface area contributed by atoms with Crippen LogP contribution in [0.1, 0.15) is 38.3 Å². The van der Waals surface area contributed by atoms with E-state index >= 15 is 0 Å². The van der Waals surface area contributed by atoms with Gasteiger partial charge in [0.05, 0.1) is 17.5 Å². The number of nitrogens with zero attached hydrogens (tertiary/aromatic N) is 2. The van der Waals surface area contributed by atoms with Gasteiger partial charge >= 0.3 is 0 Å². The first kappa shape index (κ1) is 27.6. The van der Waals surface area contributed by atoms with Crippen molar-refractivity contribution in [3.8, 4) is 0 Å².